The molecule has 0 fully saturated rings. The highest BCUT2D eigenvalue weighted by Gasteiger charge is 2.31. The van der Waals surface area contributed by atoms with Gasteiger partial charge in [0.25, 0.3) is 5.24 Å². The van der Waals surface area contributed by atoms with E-state index in [-0.39, 0.29) is 5.24 Å². The number of carbonyl (C=O) groups is 1. The van der Waals surface area contributed by atoms with Crippen LogP contribution in [0.1, 0.15) is 53.1 Å². The molecule has 1 aliphatic rings. The molecule has 3 rings (SSSR count). The fourth-order valence-corrected chi connectivity index (χ4v) is 4.03. The molecule has 2 aromatic rings. The Kier molecular flexibility index (Phi) is 5.00. The molecule has 0 aliphatic heterocycles. The van der Waals surface area contributed by atoms with Crippen LogP contribution in [0.25, 0.3) is 11.1 Å². The maximum atomic E-state index is 11.8. The summed E-state index contributed by atoms with van der Waals surface area (Å²) in [5.74, 6) is 0.292. The predicted octanol–water partition coefficient (Wildman–Crippen LogP) is 6.13. The van der Waals surface area contributed by atoms with Gasteiger partial charge in [0.15, 0.2) is 0 Å². The van der Waals surface area contributed by atoms with Crippen molar-refractivity contribution < 1.29 is 4.79 Å². The van der Waals surface area contributed by atoms with Crippen molar-refractivity contribution in [3.05, 3.63) is 59.2 Å². The zero-order valence-electron chi connectivity index (χ0n) is 12.3. The van der Waals surface area contributed by atoms with Crippen LogP contribution >= 0.6 is 27.5 Å². The van der Waals surface area contributed by atoms with Crippen LogP contribution in [0.4, 0.5) is 0 Å². The highest BCUT2D eigenvalue weighted by molar-refractivity contribution is 9.09. The third-order valence-electron chi connectivity index (χ3n) is 4.42. The lowest BCUT2D eigenvalue weighted by molar-refractivity contribution is 0.108. The first-order valence-electron chi connectivity index (χ1n) is 7.72. The molecule has 0 spiro atoms. The van der Waals surface area contributed by atoms with E-state index >= 15 is 0 Å². The summed E-state index contributed by atoms with van der Waals surface area (Å²) in [6.07, 6.45) is 4.63. The lowest BCUT2D eigenvalue weighted by Crippen LogP contribution is -2.03. The molecule has 0 bridgehead atoms. The standard InChI is InChI=1S/C19H18BrClO/c20-12-5-1-2-9-15-13-7-3-4-8-14(13)16-10-6-11-17(18(15)16)19(21)22/h3-4,6-8,10-11,15H,1-2,5,9,12H2. The maximum absolute atomic E-state index is 11.8. The van der Waals surface area contributed by atoms with Crippen LogP contribution in [-0.2, 0) is 0 Å². The monoisotopic (exact) mass is 376 g/mol. The summed E-state index contributed by atoms with van der Waals surface area (Å²) in [5.41, 5.74) is 5.56. The molecule has 0 aromatic heterocycles. The van der Waals surface area contributed by atoms with Crippen LogP contribution in [-0.4, -0.2) is 10.6 Å². The second-order valence-electron chi connectivity index (χ2n) is 5.72. The number of carbonyl (C=O) groups excluding carboxylic acids is 1. The van der Waals surface area contributed by atoms with Crippen LogP contribution < -0.4 is 0 Å². The van der Waals surface area contributed by atoms with Crippen LogP contribution in [0, 0.1) is 0 Å². The summed E-state index contributed by atoms with van der Waals surface area (Å²) in [7, 11) is 0. The van der Waals surface area contributed by atoms with Crippen molar-refractivity contribution in [1.82, 2.24) is 0 Å². The van der Waals surface area contributed by atoms with Gasteiger partial charge in [-0.25, -0.2) is 0 Å². The average molecular weight is 378 g/mol. The van der Waals surface area contributed by atoms with Crippen LogP contribution in [0.3, 0.4) is 0 Å². The third kappa shape index (κ3) is 2.87. The molecule has 2 aromatic carbocycles. The van der Waals surface area contributed by atoms with Crippen LogP contribution in [0.5, 0.6) is 0 Å². The molecule has 114 valence electrons. The van der Waals surface area contributed by atoms with E-state index in [4.69, 9.17) is 11.6 Å². The topological polar surface area (TPSA) is 17.1 Å². The van der Waals surface area contributed by atoms with Gasteiger partial charge in [0.1, 0.15) is 0 Å². The van der Waals surface area contributed by atoms with Gasteiger partial charge in [-0.1, -0.05) is 65.2 Å². The van der Waals surface area contributed by atoms with Crippen molar-refractivity contribution in [3.63, 3.8) is 0 Å². The minimum Gasteiger partial charge on any atom is -0.276 e. The summed E-state index contributed by atoms with van der Waals surface area (Å²) < 4.78 is 0. The normalized spacial score (nSPS) is 15.5. The number of unbranched alkanes of at least 4 members (excludes halogenated alkanes) is 2. The van der Waals surface area contributed by atoms with Crippen molar-refractivity contribution in [2.45, 2.75) is 31.6 Å². The number of rotatable bonds is 6. The van der Waals surface area contributed by atoms with Gasteiger partial charge in [-0.2, -0.15) is 0 Å². The summed E-state index contributed by atoms with van der Waals surface area (Å²) in [5, 5.41) is 0.700. The second kappa shape index (κ2) is 6.97. The first-order valence-corrected chi connectivity index (χ1v) is 9.22. The van der Waals surface area contributed by atoms with E-state index in [9.17, 15) is 4.79 Å². The molecule has 0 saturated carbocycles. The van der Waals surface area contributed by atoms with Gasteiger partial charge in [-0.15, -0.1) is 0 Å². The largest absolute Gasteiger partial charge is 0.276 e. The molecule has 1 aliphatic carbocycles. The SMILES string of the molecule is O=C(Cl)c1cccc2c1C(CCCCCBr)c1ccccc1-2. The Bertz CT molecular complexity index is 696. The Balaban J connectivity index is 2.01. The smallest absolute Gasteiger partial charge is 0.252 e. The highest BCUT2D eigenvalue weighted by Crippen LogP contribution is 2.48. The predicted molar refractivity (Wildman–Crippen MR) is 96.2 cm³/mol. The molecule has 3 heteroatoms. The van der Waals surface area contributed by atoms with Crippen molar-refractivity contribution in [2.75, 3.05) is 5.33 Å². The van der Waals surface area contributed by atoms with E-state index in [1.165, 1.54) is 29.5 Å². The first kappa shape index (κ1) is 15.8. The maximum Gasteiger partial charge on any atom is 0.252 e. The van der Waals surface area contributed by atoms with E-state index in [2.05, 4.69) is 46.3 Å². The molecule has 1 atom stereocenters. The Hall–Kier alpha value is -1.12. The number of benzene rings is 2. The van der Waals surface area contributed by atoms with Crippen LogP contribution in [0.15, 0.2) is 42.5 Å². The highest BCUT2D eigenvalue weighted by atomic mass is 79.9. The lowest BCUT2D eigenvalue weighted by atomic mass is 9.89. The number of alkyl halides is 1. The molecule has 0 saturated heterocycles. The molecular weight excluding hydrogens is 360 g/mol. The van der Waals surface area contributed by atoms with Gasteiger partial charge in [0.05, 0.1) is 0 Å². The minimum absolute atomic E-state index is 0.292. The van der Waals surface area contributed by atoms with Gasteiger partial charge >= 0.3 is 0 Å². The van der Waals surface area contributed by atoms with Crippen molar-refractivity contribution in [1.29, 1.82) is 0 Å². The molecule has 0 radical (unpaired) electrons. The molecule has 0 amide bonds. The second-order valence-corrected chi connectivity index (χ2v) is 6.85. The molecule has 1 unspecified atom stereocenters. The van der Waals surface area contributed by atoms with Gasteiger partial charge in [0.2, 0.25) is 0 Å². The summed E-state index contributed by atoms with van der Waals surface area (Å²) in [6, 6.07) is 14.4. The van der Waals surface area contributed by atoms with Crippen molar-refractivity contribution >= 4 is 32.8 Å². The lowest BCUT2D eigenvalue weighted by Gasteiger charge is -2.15. The Labute approximate surface area is 144 Å². The van der Waals surface area contributed by atoms with Gasteiger partial charge < -0.3 is 0 Å². The van der Waals surface area contributed by atoms with E-state index in [0.29, 0.717) is 11.5 Å². The van der Waals surface area contributed by atoms with Crippen molar-refractivity contribution in [3.8, 4) is 11.1 Å². The summed E-state index contributed by atoms with van der Waals surface area (Å²) in [4.78, 5) is 11.8. The van der Waals surface area contributed by atoms with E-state index < -0.39 is 0 Å². The third-order valence-corrected chi connectivity index (χ3v) is 5.18. The number of hydrogen-bond donors (Lipinski definition) is 0. The molecule has 22 heavy (non-hydrogen) atoms. The van der Waals surface area contributed by atoms with Gasteiger partial charge in [-0.05, 0) is 52.8 Å². The molecule has 1 nitrogen and oxygen atoms in total. The zero-order valence-corrected chi connectivity index (χ0v) is 14.7. The number of fused-ring (bicyclic) bond motifs is 3. The number of hydrogen-bond acceptors (Lipinski definition) is 1. The van der Waals surface area contributed by atoms with Gasteiger partial charge in [-0.3, -0.25) is 4.79 Å². The minimum atomic E-state index is -0.352. The Morgan fingerprint density at radius 1 is 1.00 bits per heavy atom. The first-order chi connectivity index (χ1) is 10.7. The average Bonchev–Trinajstić information content (AvgIpc) is 2.86. The van der Waals surface area contributed by atoms with E-state index in [1.807, 2.05) is 12.1 Å². The van der Waals surface area contributed by atoms with Crippen LogP contribution in [0.2, 0.25) is 0 Å². The quantitative estimate of drug-likeness (QED) is 0.336. The zero-order chi connectivity index (χ0) is 15.5. The van der Waals surface area contributed by atoms with E-state index in [1.54, 1.807) is 0 Å². The van der Waals surface area contributed by atoms with Crippen molar-refractivity contribution in [2.24, 2.45) is 0 Å². The Morgan fingerprint density at radius 3 is 2.55 bits per heavy atom. The van der Waals surface area contributed by atoms with Gasteiger partial charge in [0, 0.05) is 16.8 Å². The molecular formula is C19H18BrClO. The molecule has 0 heterocycles. The van der Waals surface area contributed by atoms with E-state index in [0.717, 1.165) is 23.7 Å². The number of halogens is 2. The molecule has 0 N–H and O–H groups in total. The Morgan fingerprint density at radius 2 is 1.77 bits per heavy atom. The summed E-state index contributed by atoms with van der Waals surface area (Å²) in [6.45, 7) is 0. The fraction of sp³-hybridized carbons (Fsp3) is 0.316. The summed E-state index contributed by atoms with van der Waals surface area (Å²) >= 11 is 9.32. The fourth-order valence-electron chi connectivity index (χ4n) is 3.47.